The number of anilines is 1. The van der Waals surface area contributed by atoms with Gasteiger partial charge in [0.15, 0.2) is 0 Å². The highest BCUT2D eigenvalue weighted by Crippen LogP contribution is 2.30. The van der Waals surface area contributed by atoms with Gasteiger partial charge in [-0.25, -0.2) is 0 Å². The van der Waals surface area contributed by atoms with Gasteiger partial charge in [0, 0.05) is 12.1 Å². The van der Waals surface area contributed by atoms with Crippen molar-refractivity contribution in [3.8, 4) is 0 Å². The molecule has 1 aromatic carbocycles. The average molecular weight is 356 g/mol. The van der Waals surface area contributed by atoms with Crippen LogP contribution in [0.3, 0.4) is 0 Å². The van der Waals surface area contributed by atoms with Gasteiger partial charge in [-0.05, 0) is 30.7 Å². The molecule has 0 atom stereocenters. The predicted molar refractivity (Wildman–Crippen MR) is 91.1 cm³/mol. The molecular weight excluding hydrogens is 337 g/mol. The van der Waals surface area contributed by atoms with Crippen LogP contribution in [-0.4, -0.2) is 10.1 Å². The summed E-state index contributed by atoms with van der Waals surface area (Å²) < 4.78 is 42.9. The number of hydrogen-bond acceptors (Lipinski definition) is 3. The van der Waals surface area contributed by atoms with E-state index in [0.29, 0.717) is 22.0 Å². The number of nitrogens with one attached hydrogen (secondary N) is 1. The number of halogens is 3. The van der Waals surface area contributed by atoms with Gasteiger partial charge in [0.2, 0.25) is 0 Å². The van der Waals surface area contributed by atoms with Crippen LogP contribution in [0.5, 0.6) is 0 Å². The van der Waals surface area contributed by atoms with Gasteiger partial charge in [-0.2, -0.15) is 13.2 Å². The molecule has 0 spiro atoms. The topological polar surface area (TPSA) is 38.1 Å². The van der Waals surface area contributed by atoms with Gasteiger partial charge in [-0.15, -0.1) is 0 Å². The quantitative estimate of drug-likeness (QED) is 0.517. The Balaban J connectivity index is 1.99. The number of benzene rings is 1. The molecule has 1 aromatic heterocycles. The minimum absolute atomic E-state index is 0.390. The first-order valence-electron chi connectivity index (χ1n) is 7.84. The molecule has 0 aliphatic rings. The van der Waals surface area contributed by atoms with Crippen molar-refractivity contribution in [1.29, 1.82) is 0 Å². The van der Waals surface area contributed by atoms with Crippen LogP contribution in [0.1, 0.15) is 49.5 Å². The zero-order chi connectivity index (χ0) is 17.6. The van der Waals surface area contributed by atoms with Crippen molar-refractivity contribution in [2.75, 3.05) is 5.32 Å². The normalized spacial score (nSPS) is 11.5. The Morgan fingerprint density at radius 3 is 2.50 bits per heavy atom. The molecule has 0 unspecified atom stereocenters. The van der Waals surface area contributed by atoms with Gasteiger partial charge in [0.1, 0.15) is 10.7 Å². The smallest absolute Gasteiger partial charge is 0.361 e. The van der Waals surface area contributed by atoms with Crippen LogP contribution in [0.15, 0.2) is 35.0 Å². The fourth-order valence-corrected chi connectivity index (χ4v) is 2.57. The summed E-state index contributed by atoms with van der Waals surface area (Å²) in [7, 11) is 0. The van der Waals surface area contributed by atoms with Crippen molar-refractivity contribution < 1.29 is 17.7 Å². The van der Waals surface area contributed by atoms with E-state index in [-0.39, 0.29) is 0 Å². The SMILES string of the molecule is CCCCCCc1oncc1C(=S)Nc1ccc(C(F)(F)F)cc1. The molecule has 0 radical (unpaired) electrons. The Labute approximate surface area is 144 Å². The third-order valence-corrected chi connectivity index (χ3v) is 3.94. The van der Waals surface area contributed by atoms with Gasteiger partial charge in [-0.1, -0.05) is 43.6 Å². The van der Waals surface area contributed by atoms with Crippen molar-refractivity contribution in [3.05, 3.63) is 47.3 Å². The number of nitrogens with zero attached hydrogens (tertiary/aromatic N) is 1. The summed E-state index contributed by atoms with van der Waals surface area (Å²) in [5.41, 5.74) is 0.480. The van der Waals surface area contributed by atoms with Gasteiger partial charge in [0.05, 0.1) is 17.3 Å². The fourth-order valence-electron chi connectivity index (χ4n) is 2.28. The molecule has 2 aromatic rings. The summed E-state index contributed by atoms with van der Waals surface area (Å²) in [6.07, 6.45) is 2.33. The van der Waals surface area contributed by atoms with Crippen molar-refractivity contribution in [3.63, 3.8) is 0 Å². The van der Waals surface area contributed by atoms with E-state index in [9.17, 15) is 13.2 Å². The highest BCUT2D eigenvalue weighted by Gasteiger charge is 2.30. The van der Waals surface area contributed by atoms with Crippen molar-refractivity contribution >= 4 is 22.9 Å². The summed E-state index contributed by atoms with van der Waals surface area (Å²) in [6.45, 7) is 2.14. The van der Waals surface area contributed by atoms with E-state index in [1.807, 2.05) is 0 Å². The maximum absolute atomic E-state index is 12.6. The maximum Gasteiger partial charge on any atom is 0.416 e. The van der Waals surface area contributed by atoms with E-state index in [0.717, 1.165) is 44.2 Å². The number of alkyl halides is 3. The molecule has 0 amide bonds. The van der Waals surface area contributed by atoms with Crippen LogP contribution >= 0.6 is 12.2 Å². The Bertz CT molecular complexity index is 665. The number of hydrogen-bond donors (Lipinski definition) is 1. The third-order valence-electron chi connectivity index (χ3n) is 3.62. The van der Waals surface area contributed by atoms with E-state index in [4.69, 9.17) is 16.7 Å². The summed E-state index contributed by atoms with van der Waals surface area (Å²) in [5, 5.41) is 6.71. The first-order valence-corrected chi connectivity index (χ1v) is 8.24. The molecule has 0 bridgehead atoms. The summed E-state index contributed by atoms with van der Waals surface area (Å²) in [6, 6.07) is 4.74. The predicted octanol–water partition coefficient (Wildman–Crippen LogP) is 5.60. The molecule has 1 heterocycles. The highest BCUT2D eigenvalue weighted by molar-refractivity contribution is 7.81. The number of aromatic nitrogens is 1. The van der Waals surface area contributed by atoms with Crippen molar-refractivity contribution in [1.82, 2.24) is 5.16 Å². The lowest BCUT2D eigenvalue weighted by Crippen LogP contribution is -2.12. The van der Waals surface area contributed by atoms with E-state index >= 15 is 0 Å². The molecule has 130 valence electrons. The lowest BCUT2D eigenvalue weighted by Gasteiger charge is -2.10. The molecular formula is C17H19F3N2OS. The second-order valence-corrected chi connectivity index (χ2v) is 5.91. The van der Waals surface area contributed by atoms with Crippen LogP contribution < -0.4 is 5.32 Å². The minimum Gasteiger partial charge on any atom is -0.361 e. The number of unbranched alkanes of at least 4 members (excludes halogenated alkanes) is 3. The van der Waals surface area contributed by atoms with Gasteiger partial charge in [0.25, 0.3) is 0 Å². The molecule has 0 saturated heterocycles. The van der Waals surface area contributed by atoms with Crippen LogP contribution in [0, 0.1) is 0 Å². The number of aryl methyl sites for hydroxylation is 1. The molecule has 0 aliphatic carbocycles. The third kappa shape index (κ3) is 5.06. The van der Waals surface area contributed by atoms with E-state index in [1.165, 1.54) is 18.3 Å². The average Bonchev–Trinajstić information content (AvgIpc) is 3.00. The maximum atomic E-state index is 12.6. The summed E-state index contributed by atoms with van der Waals surface area (Å²) in [4.78, 5) is 0.390. The van der Waals surface area contributed by atoms with E-state index in [1.54, 1.807) is 0 Å². The number of rotatable bonds is 7. The zero-order valence-electron chi connectivity index (χ0n) is 13.3. The second-order valence-electron chi connectivity index (χ2n) is 5.50. The molecule has 0 saturated carbocycles. The summed E-state index contributed by atoms with van der Waals surface area (Å²) in [5.74, 6) is 0.704. The standard InChI is InChI=1S/C17H19F3N2OS/c1-2-3-4-5-6-15-14(11-21-23-15)16(24)22-13-9-7-12(8-10-13)17(18,19)20/h7-11H,2-6H2,1H3,(H,22,24). The van der Waals surface area contributed by atoms with Gasteiger partial charge < -0.3 is 9.84 Å². The Morgan fingerprint density at radius 2 is 1.88 bits per heavy atom. The van der Waals surface area contributed by atoms with Crippen molar-refractivity contribution in [2.24, 2.45) is 0 Å². The van der Waals surface area contributed by atoms with Crippen LogP contribution in [0.25, 0.3) is 0 Å². The van der Waals surface area contributed by atoms with Crippen LogP contribution in [-0.2, 0) is 12.6 Å². The monoisotopic (exact) mass is 356 g/mol. The lowest BCUT2D eigenvalue weighted by atomic mass is 10.1. The first-order chi connectivity index (χ1) is 11.4. The molecule has 24 heavy (non-hydrogen) atoms. The Kier molecular flexibility index (Phi) is 6.36. The lowest BCUT2D eigenvalue weighted by molar-refractivity contribution is -0.137. The molecule has 1 N–H and O–H groups in total. The van der Waals surface area contributed by atoms with E-state index in [2.05, 4.69) is 17.4 Å². The largest absolute Gasteiger partial charge is 0.416 e. The fraction of sp³-hybridized carbons (Fsp3) is 0.412. The first kappa shape index (κ1) is 18.4. The molecule has 0 fully saturated rings. The molecule has 3 nitrogen and oxygen atoms in total. The second kappa shape index (κ2) is 8.28. The molecule has 7 heteroatoms. The molecule has 2 rings (SSSR count). The highest BCUT2D eigenvalue weighted by atomic mass is 32.1. The Hall–Kier alpha value is -1.89. The van der Waals surface area contributed by atoms with Crippen molar-refractivity contribution in [2.45, 2.75) is 45.2 Å². The molecule has 0 aliphatic heterocycles. The zero-order valence-corrected chi connectivity index (χ0v) is 14.1. The minimum atomic E-state index is -4.35. The van der Waals surface area contributed by atoms with Crippen LogP contribution in [0.2, 0.25) is 0 Å². The Morgan fingerprint density at radius 1 is 1.17 bits per heavy atom. The summed E-state index contributed by atoms with van der Waals surface area (Å²) >= 11 is 5.32. The van der Waals surface area contributed by atoms with E-state index < -0.39 is 11.7 Å². The van der Waals surface area contributed by atoms with Crippen LogP contribution in [0.4, 0.5) is 18.9 Å². The van der Waals surface area contributed by atoms with Gasteiger partial charge >= 0.3 is 6.18 Å². The van der Waals surface area contributed by atoms with Gasteiger partial charge in [-0.3, -0.25) is 0 Å². The number of thiocarbonyl (C=S) groups is 1.